The smallest absolute Gasteiger partial charge is 0.241 e. The maximum Gasteiger partial charge on any atom is 0.241 e. The standard InChI is InChI=1S/C13H18BrNO3S2/c1-8-12(7-13(14)19-8)20(16,17)15-10-3-2-4-11-9(10)5-6-18-11/h7,9-11,15H,2-6H2,1H3. The first kappa shape index (κ1) is 15.0. The number of rotatable bonds is 3. The van der Waals surface area contributed by atoms with E-state index in [4.69, 9.17) is 4.74 Å². The summed E-state index contributed by atoms with van der Waals surface area (Å²) in [5.74, 6) is 0.334. The van der Waals surface area contributed by atoms with Crippen LogP contribution in [0.1, 0.15) is 30.6 Å². The van der Waals surface area contributed by atoms with Crippen LogP contribution in [-0.4, -0.2) is 27.2 Å². The van der Waals surface area contributed by atoms with E-state index in [1.807, 2.05) is 6.92 Å². The summed E-state index contributed by atoms with van der Waals surface area (Å²) in [6, 6.07) is 1.70. The molecule has 3 atom stereocenters. The third kappa shape index (κ3) is 2.83. The predicted molar refractivity (Wildman–Crippen MR) is 82.6 cm³/mol. The van der Waals surface area contributed by atoms with Crippen LogP contribution >= 0.6 is 27.3 Å². The Hall–Kier alpha value is 0.0500. The number of aryl methyl sites for hydroxylation is 1. The molecule has 1 aromatic heterocycles. The largest absolute Gasteiger partial charge is 0.378 e. The normalized spacial score (nSPS) is 30.4. The molecule has 1 aliphatic heterocycles. The quantitative estimate of drug-likeness (QED) is 0.877. The van der Waals surface area contributed by atoms with Gasteiger partial charge in [-0.25, -0.2) is 13.1 Å². The second kappa shape index (κ2) is 5.68. The van der Waals surface area contributed by atoms with Crippen molar-refractivity contribution in [1.29, 1.82) is 0 Å². The van der Waals surface area contributed by atoms with E-state index in [1.165, 1.54) is 11.3 Å². The van der Waals surface area contributed by atoms with E-state index in [-0.39, 0.29) is 12.1 Å². The van der Waals surface area contributed by atoms with Crippen LogP contribution in [0.25, 0.3) is 0 Å². The van der Waals surface area contributed by atoms with Crippen molar-refractivity contribution in [2.45, 2.75) is 49.6 Å². The van der Waals surface area contributed by atoms with Gasteiger partial charge < -0.3 is 4.74 Å². The zero-order chi connectivity index (χ0) is 14.3. The molecule has 0 bridgehead atoms. The number of nitrogens with one attached hydrogen (secondary N) is 1. The van der Waals surface area contributed by atoms with Crippen molar-refractivity contribution in [3.8, 4) is 0 Å². The fourth-order valence-corrected chi connectivity index (χ4v) is 7.02. The van der Waals surface area contributed by atoms with Crippen molar-refractivity contribution >= 4 is 37.3 Å². The lowest BCUT2D eigenvalue weighted by Gasteiger charge is -2.32. The van der Waals surface area contributed by atoms with Gasteiger partial charge in [-0.1, -0.05) is 0 Å². The zero-order valence-electron chi connectivity index (χ0n) is 11.3. The van der Waals surface area contributed by atoms with Gasteiger partial charge in [0.1, 0.15) is 0 Å². The van der Waals surface area contributed by atoms with Crippen molar-refractivity contribution < 1.29 is 13.2 Å². The molecule has 4 nitrogen and oxygen atoms in total. The molecule has 1 N–H and O–H groups in total. The Balaban J connectivity index is 1.81. The lowest BCUT2D eigenvalue weighted by molar-refractivity contribution is 0.0569. The molecular weight excluding hydrogens is 362 g/mol. The van der Waals surface area contributed by atoms with Crippen LogP contribution in [0.15, 0.2) is 14.7 Å². The van der Waals surface area contributed by atoms with Crippen molar-refractivity contribution in [2.24, 2.45) is 5.92 Å². The Labute approximate surface area is 132 Å². The third-order valence-corrected chi connectivity index (χ3v) is 7.52. The van der Waals surface area contributed by atoms with Gasteiger partial charge in [-0.3, -0.25) is 0 Å². The summed E-state index contributed by atoms with van der Waals surface area (Å²) < 4.78 is 34.6. The monoisotopic (exact) mass is 379 g/mol. The molecule has 3 rings (SSSR count). The van der Waals surface area contributed by atoms with E-state index in [9.17, 15) is 8.42 Å². The molecule has 2 fully saturated rings. The Morgan fingerprint density at radius 3 is 2.90 bits per heavy atom. The molecule has 0 radical (unpaired) electrons. The van der Waals surface area contributed by atoms with Gasteiger partial charge in [-0.05, 0) is 54.6 Å². The SMILES string of the molecule is Cc1sc(Br)cc1S(=O)(=O)NC1CCCC2OCCC12. The van der Waals surface area contributed by atoms with E-state index in [1.54, 1.807) is 6.07 Å². The fourth-order valence-electron chi connectivity index (χ4n) is 3.28. The first-order valence-corrected chi connectivity index (χ1v) is 9.96. The highest BCUT2D eigenvalue weighted by molar-refractivity contribution is 9.11. The van der Waals surface area contributed by atoms with Gasteiger partial charge in [0.25, 0.3) is 0 Å². The van der Waals surface area contributed by atoms with Crippen LogP contribution in [0.3, 0.4) is 0 Å². The van der Waals surface area contributed by atoms with Crippen LogP contribution in [0, 0.1) is 12.8 Å². The van der Waals surface area contributed by atoms with Gasteiger partial charge in [0, 0.05) is 23.4 Å². The van der Waals surface area contributed by atoms with E-state index in [0.29, 0.717) is 10.8 Å². The van der Waals surface area contributed by atoms with Gasteiger partial charge in [0.05, 0.1) is 14.8 Å². The molecule has 2 aliphatic rings. The molecule has 20 heavy (non-hydrogen) atoms. The highest BCUT2D eigenvalue weighted by atomic mass is 79.9. The van der Waals surface area contributed by atoms with E-state index in [2.05, 4.69) is 20.7 Å². The van der Waals surface area contributed by atoms with Crippen LogP contribution in [-0.2, 0) is 14.8 Å². The number of sulfonamides is 1. The summed E-state index contributed by atoms with van der Waals surface area (Å²) >= 11 is 4.80. The molecular formula is C13H18BrNO3S2. The van der Waals surface area contributed by atoms with Gasteiger partial charge >= 0.3 is 0 Å². The molecule has 3 unspecified atom stereocenters. The Morgan fingerprint density at radius 2 is 2.20 bits per heavy atom. The number of fused-ring (bicyclic) bond motifs is 1. The summed E-state index contributed by atoms with van der Waals surface area (Å²) in [4.78, 5) is 1.22. The van der Waals surface area contributed by atoms with E-state index < -0.39 is 10.0 Å². The first-order valence-electron chi connectivity index (χ1n) is 6.87. The Bertz CT molecular complexity index is 599. The van der Waals surface area contributed by atoms with Crippen LogP contribution in [0.5, 0.6) is 0 Å². The lowest BCUT2D eigenvalue weighted by Crippen LogP contribution is -2.45. The maximum atomic E-state index is 12.6. The Kier molecular flexibility index (Phi) is 4.25. The number of hydrogen-bond donors (Lipinski definition) is 1. The maximum absolute atomic E-state index is 12.6. The molecule has 0 spiro atoms. The third-order valence-electron chi connectivity index (χ3n) is 4.22. The van der Waals surface area contributed by atoms with Gasteiger partial charge in [-0.2, -0.15) is 0 Å². The average molecular weight is 380 g/mol. The molecule has 112 valence electrons. The van der Waals surface area contributed by atoms with Gasteiger partial charge in [-0.15, -0.1) is 11.3 Å². The highest BCUT2D eigenvalue weighted by Gasteiger charge is 2.39. The number of hydrogen-bond acceptors (Lipinski definition) is 4. The first-order chi connectivity index (χ1) is 9.47. The molecule has 1 saturated carbocycles. The van der Waals surface area contributed by atoms with Crippen molar-refractivity contribution in [3.63, 3.8) is 0 Å². The van der Waals surface area contributed by atoms with Gasteiger partial charge in [0.15, 0.2) is 0 Å². The molecule has 0 aromatic carbocycles. The second-order valence-corrected chi connectivity index (χ2v) is 9.81. The predicted octanol–water partition coefficient (Wildman–Crippen LogP) is 3.05. The van der Waals surface area contributed by atoms with Crippen LogP contribution in [0.4, 0.5) is 0 Å². The summed E-state index contributed by atoms with van der Waals surface area (Å²) in [5.41, 5.74) is 0. The van der Waals surface area contributed by atoms with Gasteiger partial charge in [0.2, 0.25) is 10.0 Å². The van der Waals surface area contributed by atoms with E-state index in [0.717, 1.165) is 41.0 Å². The molecule has 1 saturated heterocycles. The molecule has 7 heteroatoms. The number of thiophene rings is 1. The van der Waals surface area contributed by atoms with Crippen LogP contribution < -0.4 is 4.72 Å². The summed E-state index contributed by atoms with van der Waals surface area (Å²) in [7, 11) is -3.43. The minimum absolute atomic E-state index is 0.0133. The lowest BCUT2D eigenvalue weighted by atomic mass is 9.82. The van der Waals surface area contributed by atoms with E-state index >= 15 is 0 Å². The van der Waals surface area contributed by atoms with Crippen molar-refractivity contribution in [3.05, 3.63) is 14.7 Å². The number of halogens is 1. The topological polar surface area (TPSA) is 55.4 Å². The summed E-state index contributed by atoms with van der Waals surface area (Å²) in [5, 5.41) is 0. The number of ether oxygens (including phenoxy) is 1. The van der Waals surface area contributed by atoms with Crippen LogP contribution in [0.2, 0.25) is 0 Å². The second-order valence-electron chi connectivity index (χ2n) is 5.49. The zero-order valence-corrected chi connectivity index (χ0v) is 14.5. The minimum Gasteiger partial charge on any atom is -0.378 e. The fraction of sp³-hybridized carbons (Fsp3) is 0.692. The Morgan fingerprint density at radius 1 is 1.40 bits per heavy atom. The minimum atomic E-state index is -3.43. The van der Waals surface area contributed by atoms with Crippen molar-refractivity contribution in [2.75, 3.05) is 6.61 Å². The molecule has 1 aliphatic carbocycles. The average Bonchev–Trinajstić information content (AvgIpc) is 2.96. The molecule has 0 amide bonds. The van der Waals surface area contributed by atoms with Crippen molar-refractivity contribution in [1.82, 2.24) is 4.72 Å². The highest BCUT2D eigenvalue weighted by Crippen LogP contribution is 2.36. The molecule has 2 heterocycles. The molecule has 1 aromatic rings. The summed E-state index contributed by atoms with van der Waals surface area (Å²) in [6.45, 7) is 2.60. The summed E-state index contributed by atoms with van der Waals surface area (Å²) in [6.07, 6.45) is 4.21.